The number of likely N-dealkylation sites (tertiary alicyclic amines) is 1. The van der Waals surface area contributed by atoms with E-state index in [-0.39, 0.29) is 0 Å². The van der Waals surface area contributed by atoms with Crippen LogP contribution in [0.15, 0.2) is 0 Å². The van der Waals surface area contributed by atoms with E-state index in [0.717, 1.165) is 32.5 Å². The van der Waals surface area contributed by atoms with Gasteiger partial charge in [-0.3, -0.25) is 4.79 Å². The molecule has 1 rings (SSSR count). The molecule has 1 heterocycles. The molecule has 14 heavy (non-hydrogen) atoms. The number of carbonyl (C=O) groups excluding carboxylic acids is 1. The minimum Gasteiger partial charge on any atom is -0.341 e. The molecule has 0 aliphatic carbocycles. The lowest BCUT2D eigenvalue weighted by Crippen LogP contribution is -2.41. The van der Waals surface area contributed by atoms with Crippen LogP contribution in [0, 0.1) is 5.92 Å². The molecule has 1 aliphatic rings. The molecule has 0 aromatic carbocycles. The summed E-state index contributed by atoms with van der Waals surface area (Å²) in [6.07, 6.45) is 1.83. The highest BCUT2D eigenvalue weighted by molar-refractivity contribution is 5.78. The summed E-state index contributed by atoms with van der Waals surface area (Å²) in [7, 11) is 0. The van der Waals surface area contributed by atoms with Gasteiger partial charge in [-0.1, -0.05) is 20.8 Å². The summed E-state index contributed by atoms with van der Waals surface area (Å²) in [6, 6.07) is 0.467. The molecule has 3 nitrogen and oxygen atoms in total. The Balaban J connectivity index is 2.38. The number of hydrogen-bond acceptors (Lipinski definition) is 2. The predicted molar refractivity (Wildman–Crippen MR) is 58.1 cm³/mol. The predicted octanol–water partition coefficient (Wildman–Crippen LogP) is 1.24. The third kappa shape index (κ3) is 2.98. The average molecular weight is 198 g/mol. The lowest BCUT2D eigenvalue weighted by molar-refractivity contribution is -0.128. The number of carbonyl (C=O) groups is 1. The molecule has 0 saturated carbocycles. The molecule has 1 fully saturated rings. The Kier molecular flexibility index (Phi) is 4.39. The summed E-state index contributed by atoms with van der Waals surface area (Å²) < 4.78 is 0. The Labute approximate surface area is 86.9 Å². The van der Waals surface area contributed by atoms with Gasteiger partial charge in [0.25, 0.3) is 0 Å². The van der Waals surface area contributed by atoms with Crippen LogP contribution in [0.5, 0.6) is 0 Å². The van der Waals surface area contributed by atoms with Crippen LogP contribution in [0.3, 0.4) is 0 Å². The smallest absolute Gasteiger partial charge is 0.222 e. The standard InChI is InChI=1S/C11H22N2O/c1-4-10(12-5-2)8-13-7-9(3)6-11(13)14/h9-10,12H,4-8H2,1-3H3. The highest BCUT2D eigenvalue weighted by Crippen LogP contribution is 2.17. The molecular weight excluding hydrogens is 176 g/mol. The molecule has 1 aliphatic heterocycles. The van der Waals surface area contributed by atoms with E-state index >= 15 is 0 Å². The van der Waals surface area contributed by atoms with Crippen molar-refractivity contribution in [1.82, 2.24) is 10.2 Å². The summed E-state index contributed by atoms with van der Waals surface area (Å²) in [6.45, 7) is 9.23. The van der Waals surface area contributed by atoms with Crippen LogP contribution in [0.25, 0.3) is 0 Å². The molecule has 3 heteroatoms. The molecule has 2 atom stereocenters. The maximum atomic E-state index is 11.5. The van der Waals surface area contributed by atoms with Gasteiger partial charge in [-0.25, -0.2) is 0 Å². The fourth-order valence-corrected chi connectivity index (χ4v) is 2.04. The number of nitrogens with one attached hydrogen (secondary N) is 1. The third-order valence-electron chi connectivity index (χ3n) is 2.83. The maximum absolute atomic E-state index is 11.5. The Morgan fingerprint density at radius 3 is 2.71 bits per heavy atom. The van der Waals surface area contributed by atoms with Crippen LogP contribution in [0.2, 0.25) is 0 Å². The lowest BCUT2D eigenvalue weighted by Gasteiger charge is -2.23. The van der Waals surface area contributed by atoms with Crippen LogP contribution < -0.4 is 5.32 Å². The monoisotopic (exact) mass is 198 g/mol. The van der Waals surface area contributed by atoms with E-state index in [1.54, 1.807) is 0 Å². The lowest BCUT2D eigenvalue weighted by atomic mass is 10.2. The second kappa shape index (κ2) is 5.35. The first-order chi connectivity index (χ1) is 6.67. The molecular formula is C11H22N2O. The Hall–Kier alpha value is -0.570. The maximum Gasteiger partial charge on any atom is 0.222 e. The zero-order valence-electron chi connectivity index (χ0n) is 9.55. The molecule has 1 saturated heterocycles. The van der Waals surface area contributed by atoms with E-state index in [9.17, 15) is 4.79 Å². The molecule has 0 bridgehead atoms. The van der Waals surface area contributed by atoms with Crippen molar-refractivity contribution < 1.29 is 4.79 Å². The van der Waals surface area contributed by atoms with Crippen molar-refractivity contribution in [2.24, 2.45) is 5.92 Å². The van der Waals surface area contributed by atoms with Crippen molar-refractivity contribution in [1.29, 1.82) is 0 Å². The van der Waals surface area contributed by atoms with Crippen LogP contribution in [-0.2, 0) is 4.79 Å². The van der Waals surface area contributed by atoms with Gasteiger partial charge in [0, 0.05) is 25.6 Å². The minimum absolute atomic E-state index is 0.328. The zero-order chi connectivity index (χ0) is 10.6. The number of likely N-dealkylation sites (N-methyl/N-ethyl adjacent to an activating group) is 1. The van der Waals surface area contributed by atoms with Crippen molar-refractivity contribution in [3.8, 4) is 0 Å². The molecule has 0 aromatic heterocycles. The van der Waals surface area contributed by atoms with Gasteiger partial charge in [-0.2, -0.15) is 0 Å². The first-order valence-electron chi connectivity index (χ1n) is 5.68. The Morgan fingerprint density at radius 2 is 2.29 bits per heavy atom. The summed E-state index contributed by atoms with van der Waals surface area (Å²) in [5.41, 5.74) is 0. The summed E-state index contributed by atoms with van der Waals surface area (Å²) >= 11 is 0. The average Bonchev–Trinajstić information content (AvgIpc) is 2.44. The molecule has 0 spiro atoms. The molecule has 0 radical (unpaired) electrons. The number of rotatable bonds is 5. The summed E-state index contributed by atoms with van der Waals surface area (Å²) in [5, 5.41) is 3.40. The Morgan fingerprint density at radius 1 is 1.57 bits per heavy atom. The van der Waals surface area contributed by atoms with E-state index in [0.29, 0.717) is 17.9 Å². The van der Waals surface area contributed by atoms with Crippen LogP contribution in [0.4, 0.5) is 0 Å². The first-order valence-corrected chi connectivity index (χ1v) is 5.68. The van der Waals surface area contributed by atoms with Crippen LogP contribution in [-0.4, -0.2) is 36.5 Å². The largest absolute Gasteiger partial charge is 0.341 e. The normalized spacial score (nSPS) is 24.4. The zero-order valence-corrected chi connectivity index (χ0v) is 9.55. The Bertz CT molecular complexity index is 194. The van der Waals surface area contributed by atoms with E-state index in [1.165, 1.54) is 0 Å². The first kappa shape index (κ1) is 11.5. The summed E-state index contributed by atoms with van der Waals surface area (Å²) in [4.78, 5) is 13.5. The molecule has 1 amide bonds. The van der Waals surface area contributed by atoms with E-state index in [4.69, 9.17) is 0 Å². The minimum atomic E-state index is 0.328. The van der Waals surface area contributed by atoms with Crippen molar-refractivity contribution in [3.63, 3.8) is 0 Å². The van der Waals surface area contributed by atoms with Gasteiger partial charge >= 0.3 is 0 Å². The summed E-state index contributed by atoms with van der Waals surface area (Å²) in [5.74, 6) is 0.871. The molecule has 1 N–H and O–H groups in total. The second-order valence-corrected chi connectivity index (χ2v) is 4.27. The van der Waals surface area contributed by atoms with Gasteiger partial charge < -0.3 is 10.2 Å². The molecule has 0 aromatic rings. The number of amides is 1. The quantitative estimate of drug-likeness (QED) is 0.721. The van der Waals surface area contributed by atoms with Crippen molar-refractivity contribution >= 4 is 5.91 Å². The highest BCUT2D eigenvalue weighted by Gasteiger charge is 2.27. The van der Waals surface area contributed by atoms with Gasteiger partial charge in [0.15, 0.2) is 0 Å². The number of hydrogen-bond donors (Lipinski definition) is 1. The van der Waals surface area contributed by atoms with E-state index < -0.39 is 0 Å². The topological polar surface area (TPSA) is 32.3 Å². The fourth-order valence-electron chi connectivity index (χ4n) is 2.04. The highest BCUT2D eigenvalue weighted by atomic mass is 16.2. The van der Waals surface area contributed by atoms with Gasteiger partial charge in [-0.05, 0) is 18.9 Å². The van der Waals surface area contributed by atoms with Gasteiger partial charge in [-0.15, -0.1) is 0 Å². The van der Waals surface area contributed by atoms with E-state index in [1.807, 2.05) is 4.90 Å². The second-order valence-electron chi connectivity index (χ2n) is 4.27. The molecule has 82 valence electrons. The van der Waals surface area contributed by atoms with Crippen LogP contribution in [0.1, 0.15) is 33.6 Å². The molecule has 2 unspecified atom stereocenters. The SMILES string of the molecule is CCNC(CC)CN1CC(C)CC1=O. The van der Waals surface area contributed by atoms with Gasteiger partial charge in [0.1, 0.15) is 0 Å². The van der Waals surface area contributed by atoms with Gasteiger partial charge in [0.05, 0.1) is 0 Å². The number of nitrogens with zero attached hydrogens (tertiary/aromatic N) is 1. The van der Waals surface area contributed by atoms with Crippen molar-refractivity contribution in [3.05, 3.63) is 0 Å². The van der Waals surface area contributed by atoms with Crippen molar-refractivity contribution in [2.75, 3.05) is 19.6 Å². The third-order valence-corrected chi connectivity index (χ3v) is 2.83. The van der Waals surface area contributed by atoms with E-state index in [2.05, 4.69) is 26.1 Å². The van der Waals surface area contributed by atoms with Gasteiger partial charge in [0.2, 0.25) is 5.91 Å². The van der Waals surface area contributed by atoms with Crippen molar-refractivity contribution in [2.45, 2.75) is 39.7 Å². The fraction of sp³-hybridized carbons (Fsp3) is 0.909. The van der Waals surface area contributed by atoms with Crippen LogP contribution >= 0.6 is 0 Å².